The molecular formula is C19H21N3O3. The molecule has 0 aliphatic carbocycles. The minimum atomic E-state index is -0.411. The number of carbonyl (C=O) groups excluding carboxylic acids is 1. The first-order valence-corrected chi connectivity index (χ1v) is 8.37. The van der Waals surface area contributed by atoms with Crippen molar-refractivity contribution in [2.75, 3.05) is 16.8 Å². The van der Waals surface area contributed by atoms with Crippen LogP contribution < -0.4 is 10.2 Å². The Hall–Kier alpha value is -2.89. The summed E-state index contributed by atoms with van der Waals surface area (Å²) in [5, 5.41) is 14.1. The highest BCUT2D eigenvalue weighted by Gasteiger charge is 2.27. The first kappa shape index (κ1) is 17.0. The van der Waals surface area contributed by atoms with Gasteiger partial charge in [0.15, 0.2) is 0 Å². The van der Waals surface area contributed by atoms with E-state index < -0.39 is 4.92 Å². The third-order valence-corrected chi connectivity index (χ3v) is 4.72. The van der Waals surface area contributed by atoms with Crippen LogP contribution in [0.3, 0.4) is 0 Å². The molecule has 1 heterocycles. The topological polar surface area (TPSA) is 75.5 Å². The molecule has 6 heteroatoms. The molecule has 25 heavy (non-hydrogen) atoms. The highest BCUT2D eigenvalue weighted by molar-refractivity contribution is 5.97. The van der Waals surface area contributed by atoms with E-state index in [4.69, 9.17) is 0 Å². The molecule has 1 N–H and O–H groups in total. The van der Waals surface area contributed by atoms with Gasteiger partial charge in [0.2, 0.25) is 5.91 Å². The number of hydrogen-bond acceptors (Lipinski definition) is 4. The van der Waals surface area contributed by atoms with Gasteiger partial charge in [-0.15, -0.1) is 0 Å². The highest BCUT2D eigenvalue weighted by atomic mass is 16.6. The van der Waals surface area contributed by atoms with E-state index in [1.807, 2.05) is 30.0 Å². The van der Waals surface area contributed by atoms with E-state index in [1.165, 1.54) is 11.6 Å². The molecule has 1 unspecified atom stereocenters. The fourth-order valence-electron chi connectivity index (χ4n) is 3.34. The maximum Gasteiger partial charge on any atom is 0.274 e. The van der Waals surface area contributed by atoms with Crippen LogP contribution in [0.1, 0.15) is 24.5 Å². The number of rotatable bonds is 4. The fraction of sp³-hybridized carbons (Fsp3) is 0.316. The van der Waals surface area contributed by atoms with Crippen LogP contribution in [-0.4, -0.2) is 23.4 Å². The lowest BCUT2D eigenvalue weighted by Crippen LogP contribution is -2.44. The van der Waals surface area contributed by atoms with Crippen LogP contribution in [0.2, 0.25) is 0 Å². The number of fused-ring (bicyclic) bond motifs is 1. The maximum atomic E-state index is 12.8. The van der Waals surface area contributed by atoms with Gasteiger partial charge >= 0.3 is 0 Å². The van der Waals surface area contributed by atoms with Gasteiger partial charge in [-0.05, 0) is 44.4 Å². The summed E-state index contributed by atoms with van der Waals surface area (Å²) in [7, 11) is 0. The lowest BCUT2D eigenvalue weighted by Gasteiger charge is -2.35. The Morgan fingerprint density at radius 2 is 2.04 bits per heavy atom. The first-order valence-electron chi connectivity index (χ1n) is 8.37. The van der Waals surface area contributed by atoms with E-state index in [9.17, 15) is 14.9 Å². The molecular weight excluding hydrogens is 318 g/mol. The summed E-state index contributed by atoms with van der Waals surface area (Å²) in [6, 6.07) is 12.9. The molecule has 1 aliphatic rings. The summed E-state index contributed by atoms with van der Waals surface area (Å²) in [6.45, 7) is 3.83. The van der Waals surface area contributed by atoms with Crippen molar-refractivity contribution in [1.82, 2.24) is 0 Å². The zero-order valence-corrected chi connectivity index (χ0v) is 14.4. The quantitative estimate of drug-likeness (QED) is 0.681. The monoisotopic (exact) mass is 339 g/mol. The number of amides is 1. The molecule has 130 valence electrons. The SMILES string of the molecule is Cc1c(NCC(=O)N2c3ccccc3CCC2C)cccc1[N+](=O)[O-]. The number of nitrogens with zero attached hydrogens (tertiary/aromatic N) is 2. The smallest absolute Gasteiger partial charge is 0.274 e. The lowest BCUT2D eigenvalue weighted by molar-refractivity contribution is -0.385. The normalized spacial score (nSPS) is 16.2. The van der Waals surface area contributed by atoms with Crippen molar-refractivity contribution in [3.05, 3.63) is 63.7 Å². The molecule has 2 aromatic carbocycles. The Bertz CT molecular complexity index is 819. The largest absolute Gasteiger partial charge is 0.376 e. The van der Waals surface area contributed by atoms with E-state index in [2.05, 4.69) is 11.4 Å². The van der Waals surface area contributed by atoms with E-state index in [1.54, 1.807) is 19.1 Å². The highest BCUT2D eigenvalue weighted by Crippen LogP contribution is 2.31. The summed E-state index contributed by atoms with van der Waals surface area (Å²) in [4.78, 5) is 25.3. The zero-order chi connectivity index (χ0) is 18.0. The van der Waals surface area contributed by atoms with Gasteiger partial charge in [0.1, 0.15) is 0 Å². The number of aryl methyl sites for hydroxylation is 1. The maximum absolute atomic E-state index is 12.8. The molecule has 6 nitrogen and oxygen atoms in total. The summed E-state index contributed by atoms with van der Waals surface area (Å²) in [5.41, 5.74) is 3.34. The fourth-order valence-corrected chi connectivity index (χ4v) is 3.34. The van der Waals surface area contributed by atoms with Crippen molar-refractivity contribution in [1.29, 1.82) is 0 Å². The van der Waals surface area contributed by atoms with Gasteiger partial charge in [-0.3, -0.25) is 14.9 Å². The molecule has 0 spiro atoms. The van der Waals surface area contributed by atoms with Gasteiger partial charge in [0.25, 0.3) is 5.69 Å². The molecule has 0 fully saturated rings. The number of hydrogen-bond donors (Lipinski definition) is 1. The molecule has 0 saturated heterocycles. The molecule has 2 aromatic rings. The predicted molar refractivity (Wildman–Crippen MR) is 98.0 cm³/mol. The van der Waals surface area contributed by atoms with E-state index in [0.29, 0.717) is 11.3 Å². The molecule has 0 saturated carbocycles. The molecule has 3 rings (SSSR count). The standard InChI is InChI=1S/C19H21N3O3/c1-13-10-11-15-6-3-4-8-18(15)21(13)19(23)12-20-16-7-5-9-17(14(16)2)22(24)25/h3-9,13,20H,10-12H2,1-2H3. The molecule has 1 aliphatic heterocycles. The number of nitro groups is 1. The number of benzene rings is 2. The number of nitrogens with one attached hydrogen (secondary N) is 1. The number of anilines is 2. The van der Waals surface area contributed by atoms with Gasteiger partial charge < -0.3 is 10.2 Å². The van der Waals surface area contributed by atoms with Crippen molar-refractivity contribution in [2.24, 2.45) is 0 Å². The van der Waals surface area contributed by atoms with Crippen LogP contribution in [0.4, 0.5) is 17.1 Å². The third-order valence-electron chi connectivity index (χ3n) is 4.72. The predicted octanol–water partition coefficient (Wildman–Crippen LogP) is 3.68. The lowest BCUT2D eigenvalue weighted by atomic mass is 9.96. The minimum Gasteiger partial charge on any atom is -0.376 e. The van der Waals surface area contributed by atoms with E-state index >= 15 is 0 Å². The molecule has 0 radical (unpaired) electrons. The third kappa shape index (κ3) is 3.33. The number of para-hydroxylation sites is 1. The molecule has 0 aromatic heterocycles. The Morgan fingerprint density at radius 1 is 1.28 bits per heavy atom. The second-order valence-electron chi connectivity index (χ2n) is 6.34. The summed E-state index contributed by atoms with van der Waals surface area (Å²) < 4.78 is 0. The zero-order valence-electron chi connectivity index (χ0n) is 14.4. The second-order valence-corrected chi connectivity index (χ2v) is 6.34. The van der Waals surface area contributed by atoms with Crippen LogP contribution >= 0.6 is 0 Å². The van der Waals surface area contributed by atoms with Crippen LogP contribution in [0, 0.1) is 17.0 Å². The summed E-state index contributed by atoms with van der Waals surface area (Å²) in [6.07, 6.45) is 1.90. The van der Waals surface area contributed by atoms with Gasteiger partial charge in [-0.2, -0.15) is 0 Å². The average Bonchev–Trinajstić information content (AvgIpc) is 2.60. The minimum absolute atomic E-state index is 0.0365. The number of nitro benzene ring substituents is 1. The molecule has 1 atom stereocenters. The van der Waals surface area contributed by atoms with Gasteiger partial charge in [0.05, 0.1) is 11.5 Å². The summed E-state index contributed by atoms with van der Waals surface area (Å²) >= 11 is 0. The van der Waals surface area contributed by atoms with Crippen molar-refractivity contribution in [2.45, 2.75) is 32.7 Å². The van der Waals surface area contributed by atoms with Crippen LogP contribution in [-0.2, 0) is 11.2 Å². The van der Waals surface area contributed by atoms with Crippen molar-refractivity contribution >= 4 is 23.0 Å². The van der Waals surface area contributed by atoms with Gasteiger partial charge in [-0.1, -0.05) is 24.3 Å². The van der Waals surface area contributed by atoms with Crippen molar-refractivity contribution in [3.63, 3.8) is 0 Å². The average molecular weight is 339 g/mol. The Balaban J connectivity index is 1.78. The second kappa shape index (κ2) is 6.93. The van der Waals surface area contributed by atoms with E-state index in [-0.39, 0.29) is 24.2 Å². The van der Waals surface area contributed by atoms with E-state index in [0.717, 1.165) is 18.5 Å². The first-order chi connectivity index (χ1) is 12.0. The van der Waals surface area contributed by atoms with Crippen molar-refractivity contribution in [3.8, 4) is 0 Å². The summed E-state index contributed by atoms with van der Waals surface area (Å²) in [5.74, 6) is -0.0365. The van der Waals surface area contributed by atoms with Crippen LogP contribution in [0.15, 0.2) is 42.5 Å². The molecule has 0 bridgehead atoms. The van der Waals surface area contributed by atoms with Gasteiger partial charge in [-0.25, -0.2) is 0 Å². The van der Waals surface area contributed by atoms with Gasteiger partial charge in [0, 0.05) is 29.0 Å². The Labute approximate surface area is 146 Å². The van der Waals surface area contributed by atoms with Crippen LogP contribution in [0.25, 0.3) is 0 Å². The Morgan fingerprint density at radius 3 is 2.80 bits per heavy atom. The molecule has 1 amide bonds. The van der Waals surface area contributed by atoms with Crippen molar-refractivity contribution < 1.29 is 9.72 Å². The number of carbonyl (C=O) groups is 1. The van der Waals surface area contributed by atoms with Crippen LogP contribution in [0.5, 0.6) is 0 Å². The Kier molecular flexibility index (Phi) is 4.70.